The van der Waals surface area contributed by atoms with Crippen molar-refractivity contribution in [1.82, 2.24) is 10.2 Å². The van der Waals surface area contributed by atoms with Crippen LogP contribution in [0, 0.1) is 5.82 Å². The fourth-order valence-corrected chi connectivity index (χ4v) is 3.37. The summed E-state index contributed by atoms with van der Waals surface area (Å²) >= 11 is 4.89. The number of nitrogens with one attached hydrogen (secondary N) is 1. The number of hydrogen-bond acceptors (Lipinski definition) is 7. The van der Waals surface area contributed by atoms with Crippen LogP contribution in [0.25, 0.3) is 0 Å². The van der Waals surface area contributed by atoms with Crippen LogP contribution in [0.15, 0.2) is 18.2 Å². The van der Waals surface area contributed by atoms with E-state index in [1.54, 1.807) is 17.0 Å². The highest BCUT2D eigenvalue weighted by molar-refractivity contribution is 7.80. The van der Waals surface area contributed by atoms with Crippen LogP contribution in [0.3, 0.4) is 0 Å². The fourth-order valence-electron chi connectivity index (χ4n) is 3.29. The second-order valence-electron chi connectivity index (χ2n) is 6.57. The third-order valence-electron chi connectivity index (χ3n) is 4.83. The minimum absolute atomic E-state index is 0.210. The summed E-state index contributed by atoms with van der Waals surface area (Å²) in [4.78, 5) is 28.5. The lowest BCUT2D eigenvalue weighted by molar-refractivity contribution is 0.121. The van der Waals surface area contributed by atoms with Gasteiger partial charge in [-0.2, -0.15) is 0 Å². The Morgan fingerprint density at radius 1 is 1.28 bits per heavy atom. The van der Waals surface area contributed by atoms with Crippen LogP contribution in [0.1, 0.15) is 0 Å². The lowest BCUT2D eigenvalue weighted by Crippen LogP contribution is -2.49. The molecular weight excluding hydrogens is 403 g/mol. The highest BCUT2D eigenvalue weighted by atomic mass is 32.1. The number of hydrogen-bond donors (Lipinski definition) is 1. The molecule has 3 rings (SSSR count). The van der Waals surface area contributed by atoms with Gasteiger partial charge in [-0.1, -0.05) is 0 Å². The third kappa shape index (κ3) is 4.78. The molecule has 29 heavy (non-hydrogen) atoms. The van der Waals surface area contributed by atoms with Crippen LogP contribution < -0.4 is 15.1 Å². The number of carbonyl (C=O) groups excluding carboxylic acids is 2. The molecule has 0 aliphatic carbocycles. The predicted octanol–water partition coefficient (Wildman–Crippen LogP) is 1.56. The zero-order valence-electron chi connectivity index (χ0n) is 16.2. The number of nitrogens with zero attached hydrogens (tertiary/aromatic N) is 3. The van der Waals surface area contributed by atoms with Gasteiger partial charge in [-0.3, -0.25) is 4.90 Å². The topological polar surface area (TPSA) is 83.6 Å². The first-order valence-corrected chi connectivity index (χ1v) is 9.51. The number of thiocarbonyl (C=S) groups is 1. The summed E-state index contributed by atoms with van der Waals surface area (Å²) in [6.45, 7) is 2.46. The summed E-state index contributed by atoms with van der Waals surface area (Å²) in [5.74, 6) is -0.441. The number of amides is 2. The van der Waals surface area contributed by atoms with Gasteiger partial charge in [0, 0.05) is 26.2 Å². The number of piperazine rings is 1. The fraction of sp³-hybridized carbons (Fsp3) is 0.500. The normalized spacial score (nSPS) is 19.1. The summed E-state index contributed by atoms with van der Waals surface area (Å²) in [6.07, 6.45) is -1.35. The van der Waals surface area contributed by atoms with Crippen LogP contribution in [0.5, 0.6) is 0 Å². The van der Waals surface area contributed by atoms with Gasteiger partial charge in [0.1, 0.15) is 11.9 Å². The molecule has 1 N–H and O–H groups in total. The van der Waals surface area contributed by atoms with Crippen molar-refractivity contribution in [3.8, 4) is 0 Å². The van der Waals surface area contributed by atoms with Crippen LogP contribution in [-0.4, -0.2) is 81.9 Å². The number of cyclic esters (lactones) is 1. The standard InChI is InChI=1S/C18H23FN4O5S/c1-26-16(29)20-10-13-11-23(18(25)28-13)12-3-4-15(14(19)9-12)21-5-7-22(8-6-21)17(24)27-2/h3-4,9,13H,5-8,10-11H2,1-2H3,(H,20,29)/t13-/m0/s1. The van der Waals surface area contributed by atoms with E-state index < -0.39 is 18.0 Å². The molecule has 1 atom stereocenters. The van der Waals surface area contributed by atoms with Crippen molar-refractivity contribution in [3.63, 3.8) is 0 Å². The second kappa shape index (κ2) is 9.12. The van der Waals surface area contributed by atoms with Crippen molar-refractivity contribution in [1.29, 1.82) is 0 Å². The lowest BCUT2D eigenvalue weighted by atomic mass is 10.2. The number of benzene rings is 1. The van der Waals surface area contributed by atoms with Gasteiger partial charge < -0.3 is 29.3 Å². The Bertz CT molecular complexity index is 788. The van der Waals surface area contributed by atoms with Crippen molar-refractivity contribution in [2.45, 2.75) is 6.10 Å². The van der Waals surface area contributed by atoms with Crippen molar-refractivity contribution in [2.24, 2.45) is 0 Å². The maximum Gasteiger partial charge on any atom is 0.414 e. The smallest absolute Gasteiger partial charge is 0.414 e. The molecule has 1 aromatic rings. The maximum absolute atomic E-state index is 14.8. The number of ether oxygens (including phenoxy) is 3. The maximum atomic E-state index is 14.8. The van der Waals surface area contributed by atoms with Gasteiger partial charge in [0.2, 0.25) is 0 Å². The van der Waals surface area contributed by atoms with Crippen molar-refractivity contribution in [2.75, 3.05) is 63.3 Å². The van der Waals surface area contributed by atoms with Crippen molar-refractivity contribution < 1.29 is 28.2 Å². The minimum Gasteiger partial charge on any atom is -0.474 e. The number of methoxy groups -OCH3 is 2. The van der Waals surface area contributed by atoms with Crippen LogP contribution in [-0.2, 0) is 14.2 Å². The molecule has 158 valence electrons. The van der Waals surface area contributed by atoms with E-state index in [-0.39, 0.29) is 17.8 Å². The van der Waals surface area contributed by atoms with Gasteiger partial charge in [-0.25, -0.2) is 14.0 Å². The minimum atomic E-state index is -0.543. The van der Waals surface area contributed by atoms with E-state index in [9.17, 15) is 14.0 Å². The quantitative estimate of drug-likeness (QED) is 0.727. The highest BCUT2D eigenvalue weighted by Gasteiger charge is 2.33. The van der Waals surface area contributed by atoms with Crippen molar-refractivity contribution in [3.05, 3.63) is 24.0 Å². The van der Waals surface area contributed by atoms with Crippen LogP contribution >= 0.6 is 12.2 Å². The molecule has 0 spiro atoms. The van der Waals surface area contributed by atoms with Crippen LogP contribution in [0.4, 0.5) is 25.4 Å². The van der Waals surface area contributed by atoms with E-state index in [2.05, 4.69) is 5.32 Å². The predicted molar refractivity (Wildman–Crippen MR) is 108 cm³/mol. The Labute approximate surface area is 173 Å². The van der Waals surface area contributed by atoms with Gasteiger partial charge in [-0.05, 0) is 30.4 Å². The van der Waals surface area contributed by atoms with Crippen molar-refractivity contribution >= 4 is 41.0 Å². The SMILES string of the molecule is COC(=O)N1CCN(c2ccc(N3C[C@H](CNC(=S)OC)OC3=O)cc2F)CC1. The van der Waals surface area contributed by atoms with Gasteiger partial charge in [-0.15, -0.1) is 0 Å². The van der Waals surface area contributed by atoms with E-state index in [1.165, 1.54) is 25.2 Å². The molecule has 11 heteroatoms. The molecule has 1 aromatic carbocycles. The number of halogens is 1. The molecule has 0 bridgehead atoms. The van der Waals surface area contributed by atoms with Gasteiger partial charge in [0.25, 0.3) is 5.17 Å². The van der Waals surface area contributed by atoms with E-state index in [1.807, 2.05) is 4.90 Å². The van der Waals surface area contributed by atoms with E-state index in [0.717, 1.165) is 0 Å². The van der Waals surface area contributed by atoms with E-state index in [0.29, 0.717) is 44.1 Å². The summed E-state index contributed by atoms with van der Waals surface area (Å²) in [7, 11) is 2.78. The molecule has 0 unspecified atom stereocenters. The molecule has 0 saturated carbocycles. The highest BCUT2D eigenvalue weighted by Crippen LogP contribution is 2.28. The Kier molecular flexibility index (Phi) is 6.57. The average molecular weight is 426 g/mol. The Hall–Kier alpha value is -2.82. The Morgan fingerprint density at radius 3 is 2.62 bits per heavy atom. The molecule has 9 nitrogen and oxygen atoms in total. The molecule has 2 saturated heterocycles. The Balaban J connectivity index is 1.62. The van der Waals surface area contributed by atoms with Gasteiger partial charge in [0.05, 0.1) is 38.7 Å². The zero-order chi connectivity index (χ0) is 21.0. The number of carbonyl (C=O) groups is 2. The lowest BCUT2D eigenvalue weighted by Gasteiger charge is -2.35. The molecule has 2 amide bonds. The average Bonchev–Trinajstić information content (AvgIpc) is 3.12. The van der Waals surface area contributed by atoms with Gasteiger partial charge in [0.15, 0.2) is 0 Å². The molecule has 2 aliphatic heterocycles. The largest absolute Gasteiger partial charge is 0.474 e. The second-order valence-corrected chi connectivity index (χ2v) is 6.94. The monoisotopic (exact) mass is 426 g/mol. The Morgan fingerprint density at radius 2 is 2.00 bits per heavy atom. The molecular formula is C18H23FN4O5S. The zero-order valence-corrected chi connectivity index (χ0v) is 17.0. The summed E-state index contributed by atoms with van der Waals surface area (Å²) in [5, 5.41) is 3.04. The first kappa shape index (κ1) is 20.9. The molecule has 2 heterocycles. The molecule has 2 aliphatic rings. The van der Waals surface area contributed by atoms with E-state index in [4.69, 9.17) is 26.4 Å². The van der Waals surface area contributed by atoms with Gasteiger partial charge >= 0.3 is 12.2 Å². The third-order valence-corrected chi connectivity index (χ3v) is 5.14. The summed E-state index contributed by atoms with van der Waals surface area (Å²) in [6, 6.07) is 4.64. The summed E-state index contributed by atoms with van der Waals surface area (Å²) in [5.41, 5.74) is 0.843. The first-order chi connectivity index (χ1) is 13.9. The van der Waals surface area contributed by atoms with E-state index >= 15 is 0 Å². The summed E-state index contributed by atoms with van der Waals surface area (Å²) < 4.78 is 29.6. The molecule has 2 fully saturated rings. The molecule has 0 radical (unpaired) electrons. The van der Waals surface area contributed by atoms with Crippen LogP contribution in [0.2, 0.25) is 0 Å². The number of anilines is 2. The first-order valence-electron chi connectivity index (χ1n) is 9.10. The number of rotatable bonds is 4. The molecule has 0 aromatic heterocycles.